The molecule has 0 spiro atoms. The summed E-state index contributed by atoms with van der Waals surface area (Å²) in [6.45, 7) is 11.5. The Morgan fingerprint density at radius 2 is 1.56 bits per heavy atom. The zero-order valence-corrected chi connectivity index (χ0v) is 30.3. The predicted octanol–water partition coefficient (Wildman–Crippen LogP) is 7.74. The van der Waals surface area contributed by atoms with Crippen molar-refractivity contribution < 1.29 is 18.8 Å². The molecule has 2 aliphatic carbocycles. The van der Waals surface area contributed by atoms with Gasteiger partial charge in [0.25, 0.3) is 0 Å². The molecule has 0 aliphatic heterocycles. The summed E-state index contributed by atoms with van der Waals surface area (Å²) in [6, 6.07) is 11.5. The van der Waals surface area contributed by atoms with E-state index in [2.05, 4.69) is 82.6 Å². The van der Waals surface area contributed by atoms with Gasteiger partial charge in [-0.2, -0.15) is 0 Å². The van der Waals surface area contributed by atoms with E-state index in [1.807, 2.05) is 31.1 Å². The van der Waals surface area contributed by atoms with Crippen LogP contribution in [0.4, 0.5) is 15.8 Å². The van der Waals surface area contributed by atoms with Gasteiger partial charge in [-0.25, -0.2) is 4.39 Å². The zero-order valence-electron chi connectivity index (χ0n) is 30.3. The number of anilines is 2. The van der Waals surface area contributed by atoms with E-state index in [9.17, 15) is 14.4 Å². The first kappa shape index (κ1) is 36.7. The lowest BCUT2D eigenvalue weighted by Crippen LogP contribution is -2.27. The second-order valence-electron chi connectivity index (χ2n) is 14.1. The van der Waals surface area contributed by atoms with E-state index in [4.69, 9.17) is 0 Å². The Hall–Kier alpha value is -4.60. The van der Waals surface area contributed by atoms with Crippen molar-refractivity contribution in [1.82, 2.24) is 19.8 Å². The average Bonchev–Trinajstić information content (AvgIpc) is 3.60. The summed E-state index contributed by atoms with van der Waals surface area (Å²) in [5.41, 5.74) is 6.95. The second kappa shape index (κ2) is 16.4. The topological polar surface area (TPSA) is 91.6 Å². The van der Waals surface area contributed by atoms with Crippen molar-refractivity contribution in [3.63, 3.8) is 0 Å². The van der Waals surface area contributed by atoms with Crippen LogP contribution in [0, 0.1) is 5.82 Å². The molecule has 268 valence electrons. The SMILES string of the molecule is C=C(CCN(C)c1ccc2c(C(C)C)cn(C3CCC3)c2c1F)NC=O.CCc1cn(C2CCC2)c2cc(N(C)CCC(=O)NC=O)ccc12. The van der Waals surface area contributed by atoms with Crippen LogP contribution in [0.2, 0.25) is 0 Å². The summed E-state index contributed by atoms with van der Waals surface area (Å²) >= 11 is 0. The van der Waals surface area contributed by atoms with Crippen LogP contribution in [0.3, 0.4) is 0 Å². The Labute approximate surface area is 295 Å². The van der Waals surface area contributed by atoms with Crippen LogP contribution in [0.25, 0.3) is 21.8 Å². The van der Waals surface area contributed by atoms with E-state index >= 15 is 4.39 Å². The van der Waals surface area contributed by atoms with E-state index in [0.717, 1.165) is 35.9 Å². The fourth-order valence-electron chi connectivity index (χ4n) is 6.94. The number of halogens is 1. The van der Waals surface area contributed by atoms with Crippen molar-refractivity contribution in [2.24, 2.45) is 0 Å². The number of hydrogen-bond acceptors (Lipinski definition) is 5. The smallest absolute Gasteiger partial charge is 0.228 e. The summed E-state index contributed by atoms with van der Waals surface area (Å²) in [5.74, 6) is -0.0404. The molecule has 2 fully saturated rings. The number of nitrogens with zero attached hydrogens (tertiary/aromatic N) is 4. The van der Waals surface area contributed by atoms with Crippen LogP contribution < -0.4 is 20.4 Å². The van der Waals surface area contributed by atoms with Gasteiger partial charge in [0, 0.05) is 86.7 Å². The van der Waals surface area contributed by atoms with Gasteiger partial charge in [0.15, 0.2) is 5.82 Å². The molecular formula is C40H53FN6O3. The van der Waals surface area contributed by atoms with Gasteiger partial charge in [-0.15, -0.1) is 0 Å². The van der Waals surface area contributed by atoms with Gasteiger partial charge in [0.2, 0.25) is 18.7 Å². The number of carbonyl (C=O) groups excluding carboxylic acids is 3. The lowest BCUT2D eigenvalue weighted by molar-refractivity contribution is -0.125. The molecule has 0 saturated heterocycles. The van der Waals surface area contributed by atoms with Gasteiger partial charge in [-0.05, 0) is 80.2 Å². The van der Waals surface area contributed by atoms with Gasteiger partial charge in [-0.3, -0.25) is 19.7 Å². The summed E-state index contributed by atoms with van der Waals surface area (Å²) < 4.78 is 20.1. The number of aryl methyl sites for hydroxylation is 1. The Bertz CT molecular complexity index is 1830. The highest BCUT2D eigenvalue weighted by atomic mass is 19.1. The third-order valence-corrected chi connectivity index (χ3v) is 10.5. The van der Waals surface area contributed by atoms with E-state index in [1.165, 1.54) is 47.7 Å². The van der Waals surface area contributed by atoms with Crippen LogP contribution in [0.5, 0.6) is 0 Å². The largest absolute Gasteiger partial charge is 0.374 e. The van der Waals surface area contributed by atoms with Crippen molar-refractivity contribution in [2.45, 2.75) is 96.6 Å². The van der Waals surface area contributed by atoms with E-state index in [1.54, 1.807) is 0 Å². The molecule has 6 rings (SSSR count). The van der Waals surface area contributed by atoms with Crippen LogP contribution in [0.1, 0.15) is 101 Å². The Morgan fingerprint density at radius 3 is 2.16 bits per heavy atom. The molecule has 50 heavy (non-hydrogen) atoms. The molecule has 3 amide bonds. The Balaban J connectivity index is 0.000000195. The summed E-state index contributed by atoms with van der Waals surface area (Å²) in [7, 11) is 3.85. The molecular weight excluding hydrogens is 631 g/mol. The van der Waals surface area contributed by atoms with Gasteiger partial charge in [0.05, 0.1) is 16.7 Å². The van der Waals surface area contributed by atoms with Crippen LogP contribution in [0.15, 0.2) is 55.0 Å². The number of amides is 3. The number of nitrogens with one attached hydrogen (secondary N) is 2. The Kier molecular flexibility index (Phi) is 12.0. The van der Waals surface area contributed by atoms with Crippen molar-refractivity contribution in [1.29, 1.82) is 0 Å². The van der Waals surface area contributed by atoms with Crippen molar-refractivity contribution in [2.75, 3.05) is 37.0 Å². The van der Waals surface area contributed by atoms with Gasteiger partial charge < -0.3 is 24.3 Å². The minimum Gasteiger partial charge on any atom is -0.374 e. The Morgan fingerprint density at radius 1 is 0.920 bits per heavy atom. The minimum absolute atomic E-state index is 0.155. The average molecular weight is 685 g/mol. The predicted molar refractivity (Wildman–Crippen MR) is 201 cm³/mol. The molecule has 2 aromatic heterocycles. The third-order valence-electron chi connectivity index (χ3n) is 10.5. The normalized spacial score (nSPS) is 14.5. The van der Waals surface area contributed by atoms with E-state index in [0.29, 0.717) is 68.1 Å². The van der Waals surface area contributed by atoms with Crippen LogP contribution in [-0.2, 0) is 20.8 Å². The number of hydrogen-bond donors (Lipinski definition) is 2. The molecule has 2 heterocycles. The van der Waals surface area contributed by atoms with E-state index in [-0.39, 0.29) is 11.7 Å². The molecule has 9 nitrogen and oxygen atoms in total. The maximum absolute atomic E-state index is 15.5. The highest BCUT2D eigenvalue weighted by Gasteiger charge is 2.26. The number of aromatic nitrogens is 2. The first-order valence-electron chi connectivity index (χ1n) is 18.1. The molecule has 0 unspecified atom stereocenters. The monoisotopic (exact) mass is 684 g/mol. The quantitative estimate of drug-likeness (QED) is 0.125. The summed E-state index contributed by atoms with van der Waals surface area (Å²) in [5, 5.41) is 7.09. The lowest BCUT2D eigenvalue weighted by Gasteiger charge is -2.29. The highest BCUT2D eigenvalue weighted by molar-refractivity contribution is 5.89. The fourth-order valence-corrected chi connectivity index (χ4v) is 6.94. The molecule has 2 saturated carbocycles. The molecule has 2 aromatic carbocycles. The van der Waals surface area contributed by atoms with Crippen molar-refractivity contribution in [3.8, 4) is 0 Å². The van der Waals surface area contributed by atoms with Gasteiger partial charge in [0.1, 0.15) is 0 Å². The molecule has 10 heteroatoms. The van der Waals surface area contributed by atoms with Crippen molar-refractivity contribution >= 4 is 51.9 Å². The third kappa shape index (κ3) is 7.90. The standard InChI is InChI=1S/C21H28FN3O.C19H25N3O2/c1-14(2)18-12-25(16-6-5-7-16)21-17(18)8-9-19(20(21)22)24(4)11-10-15(3)23-13-26;1-3-14-12-22(15-5-4-6-15)18-11-16(7-8-17(14)18)21(2)10-9-19(24)20-13-23/h8-9,12-14,16H,3,5-7,10-11H2,1-2,4H3,(H,23,26);7-8,11-13,15H,3-6,9-10H2,1-2H3,(H,20,23,24). The molecule has 0 atom stereocenters. The number of rotatable bonds is 15. The summed E-state index contributed by atoms with van der Waals surface area (Å²) in [6.07, 6.45) is 14.7. The first-order chi connectivity index (χ1) is 24.1. The minimum atomic E-state index is -0.246. The fraction of sp³-hybridized carbons (Fsp3) is 0.475. The second-order valence-corrected chi connectivity index (χ2v) is 14.1. The van der Waals surface area contributed by atoms with Gasteiger partial charge >= 0.3 is 0 Å². The number of fused-ring (bicyclic) bond motifs is 2. The number of imide groups is 1. The maximum Gasteiger partial charge on any atom is 0.228 e. The van der Waals surface area contributed by atoms with Crippen LogP contribution >= 0.6 is 0 Å². The molecule has 0 radical (unpaired) electrons. The highest BCUT2D eigenvalue weighted by Crippen LogP contribution is 2.41. The number of carbonyl (C=O) groups is 3. The first-order valence-corrected chi connectivity index (χ1v) is 18.1. The molecule has 2 aliphatic rings. The molecule has 2 N–H and O–H groups in total. The van der Waals surface area contributed by atoms with Crippen LogP contribution in [-0.4, -0.2) is 55.0 Å². The van der Waals surface area contributed by atoms with E-state index < -0.39 is 0 Å². The lowest BCUT2D eigenvalue weighted by atomic mass is 9.93. The maximum atomic E-state index is 15.5. The number of benzene rings is 2. The molecule has 4 aromatic rings. The zero-order chi connectivity index (χ0) is 35.9. The van der Waals surface area contributed by atoms with Crippen molar-refractivity contribution in [3.05, 3.63) is 71.9 Å². The summed E-state index contributed by atoms with van der Waals surface area (Å²) in [4.78, 5) is 36.2. The van der Waals surface area contributed by atoms with Gasteiger partial charge in [-0.1, -0.05) is 39.5 Å². The molecule has 0 bridgehead atoms.